The third kappa shape index (κ3) is 3.06. The molecule has 2 aromatic heterocycles. The first-order chi connectivity index (χ1) is 11.7. The van der Waals surface area contributed by atoms with E-state index in [1.165, 1.54) is 10.5 Å². The standard InChI is InChI=1S/C19H22N4S/c1-12-9-14(7-8-20-12)19-21-11-18-17(23-19)10-16(22-18)13-3-5-15(24-2)6-4-13/h3-6,10-12,14,20,22H,7-9H2,1-2H3. The predicted molar refractivity (Wildman–Crippen MR) is 101 cm³/mol. The topological polar surface area (TPSA) is 53.6 Å². The molecule has 1 fully saturated rings. The average molecular weight is 338 g/mol. The minimum Gasteiger partial charge on any atom is -0.352 e. The van der Waals surface area contributed by atoms with Crippen molar-refractivity contribution in [1.82, 2.24) is 20.3 Å². The predicted octanol–water partition coefficient (Wildman–Crippen LogP) is 4.20. The summed E-state index contributed by atoms with van der Waals surface area (Å²) in [6.07, 6.45) is 6.25. The van der Waals surface area contributed by atoms with E-state index >= 15 is 0 Å². The Balaban J connectivity index is 1.65. The largest absolute Gasteiger partial charge is 0.352 e. The lowest BCUT2D eigenvalue weighted by atomic mass is 9.92. The van der Waals surface area contributed by atoms with Gasteiger partial charge < -0.3 is 10.3 Å². The molecule has 24 heavy (non-hydrogen) atoms. The van der Waals surface area contributed by atoms with Gasteiger partial charge in [-0.15, -0.1) is 11.8 Å². The zero-order valence-electron chi connectivity index (χ0n) is 14.0. The zero-order chi connectivity index (χ0) is 16.5. The van der Waals surface area contributed by atoms with Crippen LogP contribution < -0.4 is 5.32 Å². The summed E-state index contributed by atoms with van der Waals surface area (Å²) >= 11 is 1.76. The molecule has 2 N–H and O–H groups in total. The maximum absolute atomic E-state index is 4.84. The quantitative estimate of drug-likeness (QED) is 0.703. The second kappa shape index (κ2) is 6.57. The number of aromatic amines is 1. The van der Waals surface area contributed by atoms with Crippen molar-refractivity contribution in [1.29, 1.82) is 0 Å². The van der Waals surface area contributed by atoms with Crippen LogP contribution in [-0.4, -0.2) is 33.8 Å². The fourth-order valence-electron chi connectivity index (χ4n) is 3.42. The summed E-state index contributed by atoms with van der Waals surface area (Å²) in [5.41, 5.74) is 4.30. The van der Waals surface area contributed by atoms with Gasteiger partial charge in [0.25, 0.3) is 0 Å². The molecular weight excluding hydrogens is 316 g/mol. The number of fused-ring (bicyclic) bond motifs is 1. The summed E-state index contributed by atoms with van der Waals surface area (Å²) in [4.78, 5) is 14.2. The number of benzene rings is 1. The number of hydrogen-bond acceptors (Lipinski definition) is 4. The maximum atomic E-state index is 4.84. The van der Waals surface area contributed by atoms with Gasteiger partial charge in [-0.25, -0.2) is 9.97 Å². The van der Waals surface area contributed by atoms with E-state index in [2.05, 4.69) is 58.8 Å². The first kappa shape index (κ1) is 15.7. The molecule has 3 heterocycles. The van der Waals surface area contributed by atoms with Crippen LogP contribution in [0.15, 0.2) is 41.4 Å². The number of rotatable bonds is 3. The maximum Gasteiger partial charge on any atom is 0.132 e. The Labute approximate surface area is 146 Å². The fourth-order valence-corrected chi connectivity index (χ4v) is 3.83. The van der Waals surface area contributed by atoms with Gasteiger partial charge in [-0.3, -0.25) is 0 Å². The van der Waals surface area contributed by atoms with Crippen molar-refractivity contribution in [3.63, 3.8) is 0 Å². The molecule has 2 atom stereocenters. The van der Waals surface area contributed by atoms with Crippen molar-refractivity contribution in [2.45, 2.75) is 36.6 Å². The van der Waals surface area contributed by atoms with Gasteiger partial charge in [-0.2, -0.15) is 0 Å². The van der Waals surface area contributed by atoms with Crippen LogP contribution in [0.3, 0.4) is 0 Å². The second-order valence-corrected chi connectivity index (χ2v) is 7.39. The zero-order valence-corrected chi connectivity index (χ0v) is 14.9. The molecule has 0 amide bonds. The SMILES string of the molecule is CSc1ccc(-c2cc3nc(C4CCNC(C)C4)ncc3[nH]2)cc1. The summed E-state index contributed by atoms with van der Waals surface area (Å²) in [5.74, 6) is 1.45. The number of nitrogens with zero attached hydrogens (tertiary/aromatic N) is 2. The van der Waals surface area contributed by atoms with Gasteiger partial charge in [0.2, 0.25) is 0 Å². The normalized spacial score (nSPS) is 21.2. The lowest BCUT2D eigenvalue weighted by molar-refractivity contribution is 0.371. The number of nitrogens with one attached hydrogen (secondary N) is 2. The number of aromatic nitrogens is 3. The average Bonchev–Trinajstić information content (AvgIpc) is 3.05. The van der Waals surface area contributed by atoms with Gasteiger partial charge in [0.05, 0.1) is 17.2 Å². The molecule has 1 aliphatic heterocycles. The molecule has 1 saturated heterocycles. The monoisotopic (exact) mass is 338 g/mol. The van der Waals surface area contributed by atoms with E-state index in [0.717, 1.165) is 41.9 Å². The first-order valence-corrected chi connectivity index (χ1v) is 9.69. The Bertz CT molecular complexity index is 840. The molecular formula is C19H22N4S. The molecule has 3 aromatic rings. The summed E-state index contributed by atoms with van der Waals surface area (Å²) < 4.78 is 0. The van der Waals surface area contributed by atoms with Crippen LogP contribution in [0, 0.1) is 0 Å². The minimum absolute atomic E-state index is 0.463. The number of H-pyrrole nitrogens is 1. The minimum atomic E-state index is 0.463. The van der Waals surface area contributed by atoms with Crippen molar-refractivity contribution < 1.29 is 0 Å². The third-order valence-electron chi connectivity index (χ3n) is 4.78. The summed E-state index contributed by atoms with van der Waals surface area (Å²) in [6, 6.07) is 11.3. The molecule has 0 aliphatic carbocycles. The highest BCUT2D eigenvalue weighted by molar-refractivity contribution is 7.98. The Hall–Kier alpha value is -1.85. The number of hydrogen-bond donors (Lipinski definition) is 2. The lowest BCUT2D eigenvalue weighted by Crippen LogP contribution is -2.35. The molecule has 1 aliphatic rings. The first-order valence-electron chi connectivity index (χ1n) is 8.46. The lowest BCUT2D eigenvalue weighted by Gasteiger charge is -2.26. The number of piperidine rings is 1. The molecule has 5 heteroatoms. The molecule has 0 saturated carbocycles. The smallest absolute Gasteiger partial charge is 0.132 e. The van der Waals surface area contributed by atoms with Gasteiger partial charge in [0.1, 0.15) is 5.82 Å². The molecule has 0 spiro atoms. The van der Waals surface area contributed by atoms with E-state index in [1.54, 1.807) is 11.8 Å². The number of thioether (sulfide) groups is 1. The Morgan fingerprint density at radius 3 is 2.79 bits per heavy atom. The molecule has 2 unspecified atom stereocenters. The highest BCUT2D eigenvalue weighted by atomic mass is 32.2. The van der Waals surface area contributed by atoms with Crippen molar-refractivity contribution in [3.8, 4) is 11.3 Å². The summed E-state index contributed by atoms with van der Waals surface area (Å²) in [5, 5.41) is 3.49. The summed E-state index contributed by atoms with van der Waals surface area (Å²) in [7, 11) is 0. The van der Waals surface area contributed by atoms with Gasteiger partial charge in [0, 0.05) is 22.5 Å². The second-order valence-electron chi connectivity index (χ2n) is 6.52. The van der Waals surface area contributed by atoms with E-state index in [1.807, 2.05) is 6.20 Å². The van der Waals surface area contributed by atoms with Gasteiger partial charge in [-0.05, 0) is 56.3 Å². The highest BCUT2D eigenvalue weighted by Crippen LogP contribution is 2.28. The van der Waals surface area contributed by atoms with Crippen LogP contribution in [0.5, 0.6) is 0 Å². The van der Waals surface area contributed by atoms with Crippen LogP contribution >= 0.6 is 11.8 Å². The Morgan fingerprint density at radius 1 is 1.21 bits per heavy atom. The van der Waals surface area contributed by atoms with Gasteiger partial charge in [0.15, 0.2) is 0 Å². The van der Waals surface area contributed by atoms with Crippen molar-refractivity contribution in [2.24, 2.45) is 0 Å². The summed E-state index contributed by atoms with van der Waals surface area (Å²) in [6.45, 7) is 3.28. The molecule has 4 rings (SSSR count). The van der Waals surface area contributed by atoms with Crippen LogP contribution in [0.25, 0.3) is 22.3 Å². The van der Waals surface area contributed by atoms with Gasteiger partial charge >= 0.3 is 0 Å². The van der Waals surface area contributed by atoms with E-state index in [4.69, 9.17) is 4.98 Å². The van der Waals surface area contributed by atoms with Crippen LogP contribution in [0.2, 0.25) is 0 Å². The van der Waals surface area contributed by atoms with E-state index in [9.17, 15) is 0 Å². The van der Waals surface area contributed by atoms with Crippen LogP contribution in [-0.2, 0) is 0 Å². The molecule has 0 radical (unpaired) electrons. The van der Waals surface area contributed by atoms with E-state index in [-0.39, 0.29) is 0 Å². The van der Waals surface area contributed by atoms with Crippen molar-refractivity contribution in [3.05, 3.63) is 42.4 Å². The van der Waals surface area contributed by atoms with E-state index < -0.39 is 0 Å². The van der Waals surface area contributed by atoms with E-state index in [0.29, 0.717) is 12.0 Å². The molecule has 4 nitrogen and oxygen atoms in total. The van der Waals surface area contributed by atoms with Crippen molar-refractivity contribution in [2.75, 3.05) is 12.8 Å². The highest BCUT2D eigenvalue weighted by Gasteiger charge is 2.22. The molecule has 124 valence electrons. The molecule has 0 bridgehead atoms. The van der Waals surface area contributed by atoms with Crippen LogP contribution in [0.1, 0.15) is 31.5 Å². The fraction of sp³-hybridized carbons (Fsp3) is 0.368. The van der Waals surface area contributed by atoms with Crippen molar-refractivity contribution >= 4 is 22.8 Å². The Kier molecular flexibility index (Phi) is 4.29. The van der Waals surface area contributed by atoms with Gasteiger partial charge in [-0.1, -0.05) is 12.1 Å². The van der Waals surface area contributed by atoms with Crippen LogP contribution in [0.4, 0.5) is 0 Å². The third-order valence-corrected chi connectivity index (χ3v) is 5.52. The molecule has 1 aromatic carbocycles. The Morgan fingerprint density at radius 2 is 2.04 bits per heavy atom.